The summed E-state index contributed by atoms with van der Waals surface area (Å²) in [4.78, 5) is 12.7. The lowest BCUT2D eigenvalue weighted by Crippen LogP contribution is -1.91. The Kier molecular flexibility index (Phi) is 3.20. The number of aromatic nitrogens is 4. The van der Waals surface area contributed by atoms with Crippen molar-refractivity contribution in [3.8, 4) is 17.3 Å². The highest BCUT2D eigenvalue weighted by molar-refractivity contribution is 5.88. The van der Waals surface area contributed by atoms with Crippen molar-refractivity contribution in [3.63, 3.8) is 0 Å². The average molecular weight is 304 g/mol. The lowest BCUT2D eigenvalue weighted by Gasteiger charge is -2.02. The minimum atomic E-state index is -0.0461. The molecule has 0 bridgehead atoms. The zero-order valence-corrected chi connectivity index (χ0v) is 12.0. The van der Waals surface area contributed by atoms with E-state index in [1.165, 1.54) is 0 Å². The summed E-state index contributed by atoms with van der Waals surface area (Å²) in [5, 5.41) is 15.0. The Morgan fingerprint density at radius 2 is 1.87 bits per heavy atom. The summed E-state index contributed by atoms with van der Waals surface area (Å²) in [6.45, 7) is 0. The molecule has 0 atom stereocenters. The van der Waals surface area contributed by atoms with Gasteiger partial charge in [-0.15, -0.1) is 0 Å². The van der Waals surface area contributed by atoms with E-state index in [4.69, 9.17) is 4.52 Å². The highest BCUT2D eigenvalue weighted by Crippen LogP contribution is 2.30. The first-order chi connectivity index (χ1) is 11.3. The van der Waals surface area contributed by atoms with E-state index >= 15 is 0 Å². The van der Waals surface area contributed by atoms with Crippen molar-refractivity contribution in [2.75, 3.05) is 0 Å². The monoisotopic (exact) mass is 304 g/mol. The van der Waals surface area contributed by atoms with Gasteiger partial charge >= 0.3 is 0 Å². The highest BCUT2D eigenvalue weighted by Gasteiger charge is 2.17. The molecule has 0 radical (unpaired) electrons. The molecule has 0 unspecified atom stereocenters. The van der Waals surface area contributed by atoms with Crippen molar-refractivity contribution in [3.05, 3.63) is 66.3 Å². The molecule has 4 aromatic rings. The SMILES string of the molecule is Oc1c(-c2noc(Cc3ccccc3)n2)ncc2cccnc12. The van der Waals surface area contributed by atoms with Gasteiger partial charge in [-0.1, -0.05) is 35.5 Å². The van der Waals surface area contributed by atoms with Crippen LogP contribution in [0.15, 0.2) is 59.4 Å². The van der Waals surface area contributed by atoms with Crippen LogP contribution in [-0.4, -0.2) is 25.2 Å². The molecule has 0 saturated heterocycles. The molecule has 3 aromatic heterocycles. The van der Waals surface area contributed by atoms with Crippen LogP contribution < -0.4 is 0 Å². The first-order valence-corrected chi connectivity index (χ1v) is 7.11. The van der Waals surface area contributed by atoms with Crippen LogP contribution in [0.3, 0.4) is 0 Å². The first kappa shape index (κ1) is 13.4. The normalized spacial score (nSPS) is 11.0. The maximum atomic E-state index is 10.4. The van der Waals surface area contributed by atoms with E-state index in [1.54, 1.807) is 18.5 Å². The minimum Gasteiger partial charge on any atom is -0.504 e. The number of fused-ring (bicyclic) bond motifs is 1. The molecule has 23 heavy (non-hydrogen) atoms. The average Bonchev–Trinajstić information content (AvgIpc) is 3.04. The third-order valence-electron chi connectivity index (χ3n) is 3.50. The van der Waals surface area contributed by atoms with Gasteiger partial charge < -0.3 is 9.63 Å². The van der Waals surface area contributed by atoms with Gasteiger partial charge in [0.25, 0.3) is 0 Å². The van der Waals surface area contributed by atoms with Crippen molar-refractivity contribution in [1.82, 2.24) is 20.1 Å². The molecular formula is C17H12N4O2. The second kappa shape index (κ2) is 5.49. The maximum Gasteiger partial charge on any atom is 0.231 e. The van der Waals surface area contributed by atoms with Crippen molar-refractivity contribution < 1.29 is 9.63 Å². The summed E-state index contributed by atoms with van der Waals surface area (Å²) < 4.78 is 5.26. The number of benzene rings is 1. The van der Waals surface area contributed by atoms with E-state index in [0.717, 1.165) is 10.9 Å². The third-order valence-corrected chi connectivity index (χ3v) is 3.50. The molecule has 6 nitrogen and oxygen atoms in total. The molecule has 6 heteroatoms. The van der Waals surface area contributed by atoms with Crippen molar-refractivity contribution in [1.29, 1.82) is 0 Å². The lowest BCUT2D eigenvalue weighted by molar-refractivity contribution is 0.385. The zero-order valence-electron chi connectivity index (χ0n) is 12.0. The summed E-state index contributed by atoms with van der Waals surface area (Å²) >= 11 is 0. The second-order valence-electron chi connectivity index (χ2n) is 5.07. The van der Waals surface area contributed by atoms with Crippen molar-refractivity contribution >= 4 is 10.9 Å². The van der Waals surface area contributed by atoms with E-state index in [-0.39, 0.29) is 17.3 Å². The number of aromatic hydroxyl groups is 1. The fraction of sp³-hybridized carbons (Fsp3) is 0.0588. The van der Waals surface area contributed by atoms with E-state index in [1.807, 2.05) is 36.4 Å². The molecule has 0 fully saturated rings. The lowest BCUT2D eigenvalue weighted by atomic mass is 10.1. The molecule has 0 aliphatic heterocycles. The van der Waals surface area contributed by atoms with Gasteiger partial charge in [0.05, 0.1) is 6.42 Å². The van der Waals surface area contributed by atoms with Gasteiger partial charge in [0.15, 0.2) is 11.4 Å². The molecule has 0 amide bonds. The molecule has 0 aliphatic rings. The Labute approximate surface area is 131 Å². The third kappa shape index (κ3) is 2.50. The van der Waals surface area contributed by atoms with Gasteiger partial charge in [-0.2, -0.15) is 4.98 Å². The zero-order chi connectivity index (χ0) is 15.6. The molecule has 0 spiro atoms. The van der Waals surface area contributed by atoms with E-state index in [9.17, 15) is 5.11 Å². The fourth-order valence-electron chi connectivity index (χ4n) is 2.38. The van der Waals surface area contributed by atoms with Gasteiger partial charge in [0, 0.05) is 17.8 Å². The van der Waals surface area contributed by atoms with Crippen LogP contribution in [0.25, 0.3) is 22.4 Å². The molecule has 0 aliphatic carbocycles. The van der Waals surface area contributed by atoms with Gasteiger partial charge in [-0.05, 0) is 17.7 Å². The molecule has 112 valence electrons. The minimum absolute atomic E-state index is 0.0461. The summed E-state index contributed by atoms with van der Waals surface area (Å²) in [5.41, 5.74) is 1.80. The quantitative estimate of drug-likeness (QED) is 0.626. The Bertz CT molecular complexity index is 967. The number of pyridine rings is 2. The molecular weight excluding hydrogens is 292 g/mol. The molecule has 3 heterocycles. The predicted octanol–water partition coefficient (Wildman–Crippen LogP) is 2.98. The van der Waals surface area contributed by atoms with Crippen LogP contribution >= 0.6 is 0 Å². The largest absolute Gasteiger partial charge is 0.504 e. The van der Waals surface area contributed by atoms with Crippen LogP contribution in [0, 0.1) is 0 Å². The van der Waals surface area contributed by atoms with Crippen LogP contribution in [0.4, 0.5) is 0 Å². The Hall–Kier alpha value is -3.28. The van der Waals surface area contributed by atoms with Crippen LogP contribution in [0.5, 0.6) is 5.75 Å². The topological polar surface area (TPSA) is 84.9 Å². The summed E-state index contributed by atoms with van der Waals surface area (Å²) in [5.74, 6) is 0.671. The van der Waals surface area contributed by atoms with E-state index in [2.05, 4.69) is 20.1 Å². The van der Waals surface area contributed by atoms with Gasteiger partial charge in [0.2, 0.25) is 11.7 Å². The second-order valence-corrected chi connectivity index (χ2v) is 5.07. The maximum absolute atomic E-state index is 10.4. The van der Waals surface area contributed by atoms with Gasteiger partial charge in [0.1, 0.15) is 5.52 Å². The Morgan fingerprint density at radius 3 is 2.74 bits per heavy atom. The van der Waals surface area contributed by atoms with Gasteiger partial charge in [-0.3, -0.25) is 4.98 Å². The first-order valence-electron chi connectivity index (χ1n) is 7.11. The van der Waals surface area contributed by atoms with Crippen molar-refractivity contribution in [2.45, 2.75) is 6.42 Å². The molecule has 0 saturated carbocycles. The summed E-state index contributed by atoms with van der Waals surface area (Å²) in [6.07, 6.45) is 3.77. The van der Waals surface area contributed by atoms with E-state index < -0.39 is 0 Å². The smallest absolute Gasteiger partial charge is 0.231 e. The summed E-state index contributed by atoms with van der Waals surface area (Å²) in [7, 11) is 0. The Balaban J connectivity index is 1.70. The Morgan fingerprint density at radius 1 is 1.00 bits per heavy atom. The predicted molar refractivity (Wildman–Crippen MR) is 83.7 cm³/mol. The number of hydrogen-bond donors (Lipinski definition) is 1. The number of hydrogen-bond acceptors (Lipinski definition) is 6. The van der Waals surface area contributed by atoms with E-state index in [0.29, 0.717) is 17.8 Å². The fourth-order valence-corrected chi connectivity index (χ4v) is 2.38. The highest BCUT2D eigenvalue weighted by atomic mass is 16.5. The van der Waals surface area contributed by atoms with Crippen LogP contribution in [-0.2, 0) is 6.42 Å². The molecule has 1 aromatic carbocycles. The number of nitrogens with zero attached hydrogens (tertiary/aromatic N) is 4. The molecule has 1 N–H and O–H groups in total. The number of rotatable bonds is 3. The standard InChI is InChI=1S/C17H12N4O2/c22-16-14-12(7-4-8-18-14)10-19-15(16)17-20-13(23-21-17)9-11-5-2-1-3-6-11/h1-8,10,22H,9H2. The van der Waals surface area contributed by atoms with Crippen molar-refractivity contribution in [2.24, 2.45) is 0 Å². The summed E-state index contributed by atoms with van der Waals surface area (Å²) in [6, 6.07) is 13.4. The van der Waals surface area contributed by atoms with Crippen LogP contribution in [0.1, 0.15) is 11.5 Å². The molecule has 4 rings (SSSR count). The van der Waals surface area contributed by atoms with Crippen LogP contribution in [0.2, 0.25) is 0 Å². The van der Waals surface area contributed by atoms with Gasteiger partial charge in [-0.25, -0.2) is 4.98 Å².